The molecule has 1 aromatic carbocycles. The highest BCUT2D eigenvalue weighted by Gasteiger charge is 2.39. The first-order valence-corrected chi connectivity index (χ1v) is 7.82. The molecule has 1 aliphatic heterocycles. The van der Waals surface area contributed by atoms with Gasteiger partial charge in [-0.3, -0.25) is 4.79 Å². The maximum atomic E-state index is 12.4. The summed E-state index contributed by atoms with van der Waals surface area (Å²) in [6.07, 6.45) is 1.40. The number of aryl methyl sites for hydroxylation is 2. The predicted molar refractivity (Wildman–Crippen MR) is 86.3 cm³/mol. The minimum atomic E-state index is -0.691. The van der Waals surface area contributed by atoms with Crippen LogP contribution >= 0.6 is 0 Å². The molecule has 5 nitrogen and oxygen atoms in total. The van der Waals surface area contributed by atoms with Crippen LogP contribution < -0.4 is 15.4 Å². The van der Waals surface area contributed by atoms with Crippen LogP contribution in [0.3, 0.4) is 0 Å². The molecule has 1 aromatic rings. The quantitative estimate of drug-likeness (QED) is 0.783. The van der Waals surface area contributed by atoms with Crippen molar-refractivity contribution in [2.45, 2.75) is 32.3 Å². The van der Waals surface area contributed by atoms with Crippen molar-refractivity contribution < 1.29 is 14.3 Å². The molecule has 1 saturated heterocycles. The van der Waals surface area contributed by atoms with Gasteiger partial charge in [-0.1, -0.05) is 18.2 Å². The van der Waals surface area contributed by atoms with E-state index in [0.717, 1.165) is 30.0 Å². The molecule has 0 saturated carbocycles. The summed E-state index contributed by atoms with van der Waals surface area (Å²) in [4.78, 5) is 12.4. The number of benzene rings is 1. The molecule has 1 amide bonds. The molecule has 5 heteroatoms. The second-order valence-electron chi connectivity index (χ2n) is 5.77. The fraction of sp³-hybridized carbons (Fsp3) is 0.588. The Hall–Kier alpha value is -1.59. The van der Waals surface area contributed by atoms with Gasteiger partial charge in [-0.05, 0) is 50.9 Å². The monoisotopic (exact) mass is 306 g/mol. The molecular formula is C17H26N2O3. The molecule has 22 heavy (non-hydrogen) atoms. The number of carbonyl (C=O) groups excluding carboxylic acids is 1. The first kappa shape index (κ1) is 16.8. The lowest BCUT2D eigenvalue weighted by Gasteiger charge is -2.34. The van der Waals surface area contributed by atoms with Gasteiger partial charge in [0.2, 0.25) is 0 Å². The summed E-state index contributed by atoms with van der Waals surface area (Å²) in [7, 11) is 1.61. The normalized spacial score (nSPS) is 17.0. The maximum Gasteiger partial charge on any atom is 0.252 e. The van der Waals surface area contributed by atoms with Crippen LogP contribution in [0.5, 0.6) is 5.75 Å². The third kappa shape index (κ3) is 3.78. The molecule has 0 unspecified atom stereocenters. The molecule has 2 N–H and O–H groups in total. The zero-order valence-electron chi connectivity index (χ0n) is 13.7. The van der Waals surface area contributed by atoms with Crippen LogP contribution in [0.25, 0.3) is 0 Å². The van der Waals surface area contributed by atoms with E-state index in [-0.39, 0.29) is 5.91 Å². The van der Waals surface area contributed by atoms with Gasteiger partial charge < -0.3 is 20.1 Å². The van der Waals surface area contributed by atoms with Gasteiger partial charge in [0.05, 0.1) is 6.54 Å². The summed E-state index contributed by atoms with van der Waals surface area (Å²) in [5, 5.41) is 6.18. The van der Waals surface area contributed by atoms with E-state index in [1.54, 1.807) is 7.11 Å². The summed E-state index contributed by atoms with van der Waals surface area (Å²) in [5.74, 6) is 0.863. The van der Waals surface area contributed by atoms with Gasteiger partial charge in [-0.15, -0.1) is 0 Å². The number of amides is 1. The van der Waals surface area contributed by atoms with Crippen molar-refractivity contribution in [2.24, 2.45) is 0 Å². The lowest BCUT2D eigenvalue weighted by Crippen LogP contribution is -2.54. The number of methoxy groups -OCH3 is 1. The van der Waals surface area contributed by atoms with Gasteiger partial charge in [0.1, 0.15) is 18.0 Å². The second-order valence-corrected chi connectivity index (χ2v) is 5.77. The van der Waals surface area contributed by atoms with E-state index in [9.17, 15) is 4.79 Å². The highest BCUT2D eigenvalue weighted by atomic mass is 16.5. The summed E-state index contributed by atoms with van der Waals surface area (Å²) < 4.78 is 11.3. The Morgan fingerprint density at radius 1 is 1.27 bits per heavy atom. The summed E-state index contributed by atoms with van der Waals surface area (Å²) >= 11 is 0. The van der Waals surface area contributed by atoms with Gasteiger partial charge in [0, 0.05) is 7.11 Å². The van der Waals surface area contributed by atoms with E-state index in [2.05, 4.69) is 10.6 Å². The van der Waals surface area contributed by atoms with Crippen LogP contribution in [-0.4, -0.2) is 44.9 Å². The summed E-state index contributed by atoms with van der Waals surface area (Å²) in [6, 6.07) is 6.06. The van der Waals surface area contributed by atoms with Crippen LogP contribution in [-0.2, 0) is 9.53 Å². The van der Waals surface area contributed by atoms with E-state index in [1.165, 1.54) is 0 Å². The molecule has 0 radical (unpaired) electrons. The second kappa shape index (κ2) is 7.61. The van der Waals surface area contributed by atoms with Crippen molar-refractivity contribution in [3.63, 3.8) is 0 Å². The highest BCUT2D eigenvalue weighted by molar-refractivity contribution is 5.85. The predicted octanol–water partition coefficient (Wildman–Crippen LogP) is 1.57. The van der Waals surface area contributed by atoms with Crippen molar-refractivity contribution in [2.75, 3.05) is 33.4 Å². The smallest absolute Gasteiger partial charge is 0.252 e. The zero-order chi connectivity index (χ0) is 16.0. The number of hydrogen-bond acceptors (Lipinski definition) is 4. The molecule has 0 aromatic heterocycles. The summed E-state index contributed by atoms with van der Waals surface area (Å²) in [6.45, 7) is 6.59. The molecule has 1 heterocycles. The fourth-order valence-electron chi connectivity index (χ4n) is 2.86. The topological polar surface area (TPSA) is 59.6 Å². The maximum absolute atomic E-state index is 12.4. The van der Waals surface area contributed by atoms with Crippen molar-refractivity contribution in [3.8, 4) is 5.75 Å². The Morgan fingerprint density at radius 2 is 1.91 bits per heavy atom. The minimum absolute atomic E-state index is 0.0402. The summed E-state index contributed by atoms with van der Waals surface area (Å²) in [5.41, 5.74) is 1.53. The molecule has 1 fully saturated rings. The molecule has 0 spiro atoms. The SMILES string of the molecule is COC1(C(=O)NCCOc2c(C)cccc2C)CCNCC1. The number of para-hydroxylation sites is 1. The number of hydrogen-bond donors (Lipinski definition) is 2. The average molecular weight is 306 g/mol. The van der Waals surface area contributed by atoms with Crippen molar-refractivity contribution in [3.05, 3.63) is 29.3 Å². The molecule has 0 aliphatic carbocycles. The van der Waals surface area contributed by atoms with Gasteiger partial charge in [0.25, 0.3) is 5.91 Å². The largest absolute Gasteiger partial charge is 0.491 e. The highest BCUT2D eigenvalue weighted by Crippen LogP contribution is 2.23. The molecule has 0 atom stereocenters. The lowest BCUT2D eigenvalue weighted by atomic mass is 9.91. The minimum Gasteiger partial charge on any atom is -0.491 e. The standard InChI is InChI=1S/C17H26N2O3/c1-13-5-4-6-14(2)15(13)22-12-11-19-16(20)17(21-3)7-9-18-10-8-17/h4-6,18H,7-12H2,1-3H3,(H,19,20). The van der Waals surface area contributed by atoms with E-state index in [4.69, 9.17) is 9.47 Å². The fourth-order valence-corrected chi connectivity index (χ4v) is 2.86. The first-order chi connectivity index (χ1) is 10.6. The van der Waals surface area contributed by atoms with E-state index >= 15 is 0 Å². The lowest BCUT2D eigenvalue weighted by molar-refractivity contribution is -0.146. The van der Waals surface area contributed by atoms with Crippen LogP contribution in [0.4, 0.5) is 0 Å². The van der Waals surface area contributed by atoms with Gasteiger partial charge in [-0.2, -0.15) is 0 Å². The van der Waals surface area contributed by atoms with Gasteiger partial charge in [0.15, 0.2) is 0 Å². The van der Waals surface area contributed by atoms with Crippen LogP contribution in [0.15, 0.2) is 18.2 Å². The molecule has 0 bridgehead atoms. The number of carbonyl (C=O) groups is 1. The third-order valence-electron chi connectivity index (χ3n) is 4.26. The van der Waals surface area contributed by atoms with E-state index in [1.807, 2.05) is 32.0 Å². The average Bonchev–Trinajstić information content (AvgIpc) is 2.54. The number of ether oxygens (including phenoxy) is 2. The number of rotatable bonds is 6. The van der Waals surface area contributed by atoms with Gasteiger partial charge in [-0.25, -0.2) is 0 Å². The van der Waals surface area contributed by atoms with Crippen LogP contribution in [0, 0.1) is 13.8 Å². The van der Waals surface area contributed by atoms with Crippen molar-refractivity contribution >= 4 is 5.91 Å². The van der Waals surface area contributed by atoms with E-state index in [0.29, 0.717) is 26.0 Å². The Bertz CT molecular complexity index is 490. The van der Waals surface area contributed by atoms with E-state index < -0.39 is 5.60 Å². The Kier molecular flexibility index (Phi) is 5.80. The van der Waals surface area contributed by atoms with Crippen LogP contribution in [0.2, 0.25) is 0 Å². The van der Waals surface area contributed by atoms with Crippen LogP contribution in [0.1, 0.15) is 24.0 Å². The van der Waals surface area contributed by atoms with Crippen molar-refractivity contribution in [1.82, 2.24) is 10.6 Å². The molecule has 1 aliphatic rings. The third-order valence-corrected chi connectivity index (χ3v) is 4.26. The Labute approximate surface area is 132 Å². The first-order valence-electron chi connectivity index (χ1n) is 7.82. The van der Waals surface area contributed by atoms with Crippen molar-refractivity contribution in [1.29, 1.82) is 0 Å². The van der Waals surface area contributed by atoms with Gasteiger partial charge >= 0.3 is 0 Å². The Morgan fingerprint density at radius 3 is 2.50 bits per heavy atom. The number of piperidine rings is 1. The zero-order valence-corrected chi connectivity index (χ0v) is 13.7. The Balaban J connectivity index is 1.82. The number of nitrogens with one attached hydrogen (secondary N) is 2. The molecular weight excluding hydrogens is 280 g/mol. The molecule has 122 valence electrons. The molecule has 2 rings (SSSR count).